The van der Waals surface area contributed by atoms with Crippen molar-refractivity contribution in [2.45, 2.75) is 12.3 Å². The Morgan fingerprint density at radius 3 is 2.33 bits per heavy atom. The molecule has 0 fully saturated rings. The van der Waals surface area contributed by atoms with Crippen molar-refractivity contribution in [2.75, 3.05) is 0 Å². The summed E-state index contributed by atoms with van der Waals surface area (Å²) in [4.78, 5) is 11.0. The first-order chi connectivity index (χ1) is 9.86. The Morgan fingerprint density at radius 2 is 1.76 bits per heavy atom. The second-order valence-electron chi connectivity index (χ2n) is 4.68. The lowest BCUT2D eigenvalue weighted by atomic mass is 9.98. The van der Waals surface area contributed by atoms with Crippen LogP contribution in [0.5, 0.6) is 5.75 Å². The molecule has 1 aliphatic rings. The Morgan fingerprint density at radius 1 is 1.14 bits per heavy atom. The monoisotopic (exact) mass is 294 g/mol. The third-order valence-corrected chi connectivity index (χ3v) is 3.26. The van der Waals surface area contributed by atoms with E-state index in [4.69, 9.17) is 9.84 Å². The molecule has 0 spiro atoms. The number of carboxylic acids is 1. The average molecular weight is 294 g/mol. The molecule has 2 aromatic rings. The SMILES string of the molecule is O=C(O)C1=Cc2cc3ccccc3cc2O[C@@H]1C(F)(F)F. The number of carboxylic acid groups (broad SMARTS) is 1. The van der Waals surface area contributed by atoms with E-state index in [0.717, 1.165) is 16.8 Å². The maximum Gasteiger partial charge on any atom is 0.430 e. The molecule has 2 aromatic carbocycles. The first-order valence-corrected chi connectivity index (χ1v) is 6.07. The van der Waals surface area contributed by atoms with Gasteiger partial charge in [-0.25, -0.2) is 4.79 Å². The van der Waals surface area contributed by atoms with Crippen molar-refractivity contribution >= 4 is 22.8 Å². The molecule has 0 radical (unpaired) electrons. The molecule has 6 heteroatoms. The van der Waals surface area contributed by atoms with Crippen LogP contribution in [0.25, 0.3) is 16.8 Å². The molecule has 21 heavy (non-hydrogen) atoms. The van der Waals surface area contributed by atoms with Crippen molar-refractivity contribution in [1.82, 2.24) is 0 Å². The first kappa shape index (κ1) is 13.5. The van der Waals surface area contributed by atoms with Crippen LogP contribution < -0.4 is 4.74 Å². The Kier molecular flexibility index (Phi) is 2.90. The van der Waals surface area contributed by atoms with Crippen LogP contribution in [0.4, 0.5) is 13.2 Å². The highest BCUT2D eigenvalue weighted by Crippen LogP contribution is 2.38. The summed E-state index contributed by atoms with van der Waals surface area (Å²) >= 11 is 0. The van der Waals surface area contributed by atoms with Gasteiger partial charge in [-0.05, 0) is 29.0 Å². The van der Waals surface area contributed by atoms with E-state index in [-0.39, 0.29) is 5.75 Å². The van der Waals surface area contributed by atoms with Crippen molar-refractivity contribution in [3.05, 3.63) is 47.5 Å². The zero-order chi connectivity index (χ0) is 15.2. The Bertz CT molecular complexity index is 762. The minimum absolute atomic E-state index is 0.0287. The molecular weight excluding hydrogens is 285 g/mol. The van der Waals surface area contributed by atoms with E-state index < -0.39 is 23.8 Å². The van der Waals surface area contributed by atoms with Gasteiger partial charge in [-0.15, -0.1) is 0 Å². The number of ether oxygens (including phenoxy) is 1. The summed E-state index contributed by atoms with van der Waals surface area (Å²) < 4.78 is 43.7. The molecule has 1 aliphatic heterocycles. The van der Waals surface area contributed by atoms with Crippen LogP contribution in [0, 0.1) is 0 Å². The third kappa shape index (κ3) is 2.33. The predicted octanol–water partition coefficient (Wildman–Crippen LogP) is 3.63. The lowest BCUT2D eigenvalue weighted by Gasteiger charge is -2.27. The van der Waals surface area contributed by atoms with Gasteiger partial charge in [-0.1, -0.05) is 24.3 Å². The van der Waals surface area contributed by atoms with E-state index in [1.807, 2.05) is 0 Å². The number of fused-ring (bicyclic) bond motifs is 2. The van der Waals surface area contributed by atoms with E-state index in [1.54, 1.807) is 30.3 Å². The van der Waals surface area contributed by atoms with Crippen molar-refractivity contribution in [2.24, 2.45) is 0 Å². The highest BCUT2D eigenvalue weighted by atomic mass is 19.4. The van der Waals surface area contributed by atoms with Crippen LogP contribution in [0.3, 0.4) is 0 Å². The van der Waals surface area contributed by atoms with E-state index in [9.17, 15) is 18.0 Å². The Labute approximate surface area is 117 Å². The van der Waals surface area contributed by atoms with E-state index in [0.29, 0.717) is 5.56 Å². The molecule has 0 saturated heterocycles. The van der Waals surface area contributed by atoms with Gasteiger partial charge in [-0.3, -0.25) is 0 Å². The summed E-state index contributed by atoms with van der Waals surface area (Å²) in [5, 5.41) is 10.5. The number of halogens is 3. The van der Waals surface area contributed by atoms with Crippen molar-refractivity contribution < 1.29 is 27.8 Å². The van der Waals surface area contributed by atoms with Crippen LogP contribution in [0.2, 0.25) is 0 Å². The number of rotatable bonds is 1. The van der Waals surface area contributed by atoms with E-state index in [1.165, 1.54) is 6.07 Å². The first-order valence-electron chi connectivity index (χ1n) is 6.07. The van der Waals surface area contributed by atoms with Gasteiger partial charge in [-0.2, -0.15) is 13.2 Å². The molecule has 3 nitrogen and oxygen atoms in total. The molecule has 0 unspecified atom stereocenters. The number of benzene rings is 2. The smallest absolute Gasteiger partial charge is 0.430 e. The lowest BCUT2D eigenvalue weighted by Crippen LogP contribution is -2.40. The fraction of sp³-hybridized carbons (Fsp3) is 0.133. The standard InChI is InChI=1S/C15H9F3O3/c16-15(17,18)13-11(14(19)20)6-10-5-8-3-1-2-4-9(8)7-12(10)21-13/h1-7,13H,(H,19,20)/t13-/m0/s1. The summed E-state index contributed by atoms with van der Waals surface area (Å²) in [5.74, 6) is -1.61. The second kappa shape index (κ2) is 4.51. The highest BCUT2D eigenvalue weighted by Gasteiger charge is 2.48. The summed E-state index contributed by atoms with van der Waals surface area (Å²) in [6, 6.07) is 10.2. The Balaban J connectivity index is 2.19. The van der Waals surface area contributed by atoms with Crippen LogP contribution in [0.15, 0.2) is 42.0 Å². The zero-order valence-electron chi connectivity index (χ0n) is 10.5. The molecule has 1 atom stereocenters. The summed E-state index contributed by atoms with van der Waals surface area (Å²) in [5.41, 5.74) is -0.489. The van der Waals surface area contributed by atoms with Gasteiger partial charge >= 0.3 is 12.1 Å². The lowest BCUT2D eigenvalue weighted by molar-refractivity contribution is -0.187. The average Bonchev–Trinajstić information content (AvgIpc) is 2.42. The van der Waals surface area contributed by atoms with Crippen LogP contribution in [-0.4, -0.2) is 23.4 Å². The summed E-state index contributed by atoms with van der Waals surface area (Å²) in [7, 11) is 0. The van der Waals surface area contributed by atoms with Gasteiger partial charge in [0.1, 0.15) is 5.75 Å². The molecule has 0 saturated carbocycles. The molecule has 0 bridgehead atoms. The van der Waals surface area contributed by atoms with Crippen LogP contribution in [0.1, 0.15) is 5.56 Å². The quantitative estimate of drug-likeness (QED) is 0.873. The largest absolute Gasteiger partial charge is 0.478 e. The molecule has 108 valence electrons. The minimum Gasteiger partial charge on any atom is -0.478 e. The molecule has 3 rings (SSSR count). The molecule has 1 heterocycles. The van der Waals surface area contributed by atoms with Gasteiger partial charge in [0.15, 0.2) is 0 Å². The number of hydrogen-bond acceptors (Lipinski definition) is 2. The van der Waals surface area contributed by atoms with Crippen LogP contribution in [-0.2, 0) is 4.79 Å². The fourth-order valence-corrected chi connectivity index (χ4v) is 2.30. The van der Waals surface area contributed by atoms with Crippen molar-refractivity contribution in [3.8, 4) is 5.75 Å². The van der Waals surface area contributed by atoms with Gasteiger partial charge in [0, 0.05) is 5.56 Å². The predicted molar refractivity (Wildman–Crippen MR) is 70.0 cm³/mol. The number of hydrogen-bond donors (Lipinski definition) is 1. The fourth-order valence-electron chi connectivity index (χ4n) is 2.30. The van der Waals surface area contributed by atoms with Gasteiger partial charge in [0.05, 0.1) is 5.57 Å². The number of aliphatic carboxylic acids is 1. The van der Waals surface area contributed by atoms with Crippen molar-refractivity contribution in [1.29, 1.82) is 0 Å². The number of alkyl halides is 3. The molecular formula is C15H9F3O3. The molecule has 0 amide bonds. The maximum atomic E-state index is 12.9. The van der Waals surface area contributed by atoms with Crippen LogP contribution >= 0.6 is 0 Å². The van der Waals surface area contributed by atoms with Gasteiger partial charge in [0.25, 0.3) is 0 Å². The summed E-state index contributed by atoms with van der Waals surface area (Å²) in [6.45, 7) is 0. The zero-order valence-corrected chi connectivity index (χ0v) is 10.5. The molecule has 1 N–H and O–H groups in total. The van der Waals surface area contributed by atoms with E-state index in [2.05, 4.69) is 0 Å². The van der Waals surface area contributed by atoms with Gasteiger partial charge < -0.3 is 9.84 Å². The highest BCUT2D eigenvalue weighted by molar-refractivity contribution is 5.97. The topological polar surface area (TPSA) is 46.5 Å². The van der Waals surface area contributed by atoms with Crippen molar-refractivity contribution in [3.63, 3.8) is 0 Å². The molecule has 0 aliphatic carbocycles. The van der Waals surface area contributed by atoms with Gasteiger partial charge in [0.2, 0.25) is 6.10 Å². The normalized spacial score (nSPS) is 17.9. The third-order valence-electron chi connectivity index (χ3n) is 3.26. The number of carbonyl (C=O) groups is 1. The molecule has 0 aromatic heterocycles. The minimum atomic E-state index is -4.78. The summed E-state index contributed by atoms with van der Waals surface area (Å²) in [6.07, 6.45) is -6.22. The second-order valence-corrected chi connectivity index (χ2v) is 4.68. The van der Waals surface area contributed by atoms with E-state index >= 15 is 0 Å². The maximum absolute atomic E-state index is 12.9. The Hall–Kier alpha value is -2.50.